The van der Waals surface area contributed by atoms with Gasteiger partial charge in [0.25, 0.3) is 0 Å². The predicted octanol–water partition coefficient (Wildman–Crippen LogP) is 3.28. The lowest BCUT2D eigenvalue weighted by Gasteiger charge is -2.20. The van der Waals surface area contributed by atoms with E-state index in [0.717, 1.165) is 29.6 Å². The number of carbonyl (C=O) groups is 1. The maximum Gasteiger partial charge on any atom is 0.305 e. The van der Waals surface area contributed by atoms with Gasteiger partial charge in [0.2, 0.25) is 0 Å². The van der Waals surface area contributed by atoms with Gasteiger partial charge in [-0.05, 0) is 30.7 Å². The number of ether oxygens (including phenoxy) is 1. The van der Waals surface area contributed by atoms with Crippen LogP contribution in [0.4, 0.5) is 5.69 Å². The molecule has 0 spiro atoms. The fourth-order valence-corrected chi connectivity index (χ4v) is 2.29. The van der Waals surface area contributed by atoms with Gasteiger partial charge in [-0.15, -0.1) is 0 Å². The summed E-state index contributed by atoms with van der Waals surface area (Å²) in [6, 6.07) is 7.64. The zero-order valence-corrected chi connectivity index (χ0v) is 12.4. The molecule has 4 nitrogen and oxygen atoms in total. The second-order valence-electron chi connectivity index (χ2n) is 4.59. The van der Waals surface area contributed by atoms with E-state index in [1.165, 1.54) is 7.11 Å². The van der Waals surface area contributed by atoms with E-state index in [0.29, 0.717) is 11.4 Å². The van der Waals surface area contributed by atoms with Gasteiger partial charge in [0.15, 0.2) is 0 Å². The molecule has 0 unspecified atom stereocenters. The van der Waals surface area contributed by atoms with Gasteiger partial charge in [0, 0.05) is 42.3 Å². The molecule has 0 aliphatic heterocycles. The van der Waals surface area contributed by atoms with Gasteiger partial charge < -0.3 is 9.64 Å². The Morgan fingerprint density at radius 2 is 2.20 bits per heavy atom. The molecule has 0 aliphatic rings. The fraction of sp³-hybridized carbons (Fsp3) is 0.333. The lowest BCUT2D eigenvalue weighted by molar-refractivity contribution is -0.140. The highest BCUT2D eigenvalue weighted by molar-refractivity contribution is 6.31. The van der Waals surface area contributed by atoms with Crippen LogP contribution in [0, 0.1) is 0 Å². The van der Waals surface area contributed by atoms with E-state index in [1.807, 2.05) is 31.3 Å². The van der Waals surface area contributed by atoms with Crippen LogP contribution in [0.25, 0.3) is 10.9 Å². The number of esters is 1. The average molecular weight is 293 g/mol. The van der Waals surface area contributed by atoms with E-state index in [4.69, 9.17) is 11.6 Å². The Labute approximate surface area is 123 Å². The van der Waals surface area contributed by atoms with Crippen LogP contribution in [0.2, 0.25) is 5.02 Å². The van der Waals surface area contributed by atoms with Crippen molar-refractivity contribution in [1.82, 2.24) is 4.98 Å². The van der Waals surface area contributed by atoms with Crippen LogP contribution >= 0.6 is 11.6 Å². The minimum Gasteiger partial charge on any atom is -0.469 e. The summed E-state index contributed by atoms with van der Waals surface area (Å²) in [5.74, 6) is -0.176. The Kier molecular flexibility index (Phi) is 4.79. The summed E-state index contributed by atoms with van der Waals surface area (Å²) in [5.41, 5.74) is 1.95. The molecule has 0 fully saturated rings. The standard InChI is InChI=1S/C15H17ClN2O2/c1-18(9-3-4-15(19)20-2)14-7-8-17-13-10-11(16)5-6-12(13)14/h5-8,10H,3-4,9H2,1-2H3. The maximum absolute atomic E-state index is 11.1. The van der Waals surface area contributed by atoms with Gasteiger partial charge in [0.05, 0.1) is 12.6 Å². The Morgan fingerprint density at radius 1 is 1.40 bits per heavy atom. The van der Waals surface area contributed by atoms with E-state index in [9.17, 15) is 4.79 Å². The zero-order chi connectivity index (χ0) is 14.5. The number of carbonyl (C=O) groups excluding carboxylic acids is 1. The SMILES string of the molecule is COC(=O)CCCN(C)c1ccnc2cc(Cl)ccc12. The molecule has 2 rings (SSSR count). The van der Waals surface area contributed by atoms with Crippen molar-refractivity contribution in [2.75, 3.05) is 25.6 Å². The summed E-state index contributed by atoms with van der Waals surface area (Å²) in [6.07, 6.45) is 2.95. The number of benzene rings is 1. The van der Waals surface area contributed by atoms with Crippen molar-refractivity contribution in [3.8, 4) is 0 Å². The van der Waals surface area contributed by atoms with Crippen molar-refractivity contribution in [1.29, 1.82) is 0 Å². The zero-order valence-electron chi connectivity index (χ0n) is 11.6. The largest absolute Gasteiger partial charge is 0.469 e. The molecule has 0 atom stereocenters. The first kappa shape index (κ1) is 14.6. The third-order valence-corrected chi connectivity index (χ3v) is 3.43. The molecule has 0 radical (unpaired) electrons. The van der Waals surface area contributed by atoms with Gasteiger partial charge in [-0.2, -0.15) is 0 Å². The molecule has 1 heterocycles. The molecular formula is C15H17ClN2O2. The average Bonchev–Trinajstić information content (AvgIpc) is 2.45. The third kappa shape index (κ3) is 3.39. The minimum absolute atomic E-state index is 0.176. The molecule has 0 aliphatic carbocycles. The van der Waals surface area contributed by atoms with E-state index in [1.54, 1.807) is 6.20 Å². The molecule has 2 aromatic rings. The molecule has 0 saturated heterocycles. The molecule has 106 valence electrons. The molecule has 0 amide bonds. The van der Waals surface area contributed by atoms with Crippen molar-refractivity contribution < 1.29 is 9.53 Å². The number of nitrogens with zero attached hydrogens (tertiary/aromatic N) is 2. The minimum atomic E-state index is -0.176. The second kappa shape index (κ2) is 6.57. The van der Waals surface area contributed by atoms with Crippen LogP contribution < -0.4 is 4.90 Å². The number of fused-ring (bicyclic) bond motifs is 1. The van der Waals surface area contributed by atoms with E-state index in [-0.39, 0.29) is 5.97 Å². The van der Waals surface area contributed by atoms with Crippen LogP contribution in [0.1, 0.15) is 12.8 Å². The first-order valence-corrected chi connectivity index (χ1v) is 6.82. The highest BCUT2D eigenvalue weighted by Crippen LogP contribution is 2.26. The summed E-state index contributed by atoms with van der Waals surface area (Å²) >= 11 is 5.98. The topological polar surface area (TPSA) is 42.4 Å². The summed E-state index contributed by atoms with van der Waals surface area (Å²) in [7, 11) is 3.41. The lowest BCUT2D eigenvalue weighted by atomic mass is 10.1. The van der Waals surface area contributed by atoms with E-state index >= 15 is 0 Å². The molecular weight excluding hydrogens is 276 g/mol. The summed E-state index contributed by atoms with van der Waals surface area (Å²) in [5, 5.41) is 1.73. The van der Waals surface area contributed by atoms with Gasteiger partial charge in [-0.1, -0.05) is 11.6 Å². The number of pyridine rings is 1. The van der Waals surface area contributed by atoms with Gasteiger partial charge in [-0.3, -0.25) is 9.78 Å². The number of aromatic nitrogens is 1. The van der Waals surface area contributed by atoms with Crippen LogP contribution in [-0.2, 0) is 9.53 Å². The fourth-order valence-electron chi connectivity index (χ4n) is 2.12. The summed E-state index contributed by atoms with van der Waals surface area (Å²) < 4.78 is 4.64. The van der Waals surface area contributed by atoms with Crippen LogP contribution in [0.3, 0.4) is 0 Å². The Hall–Kier alpha value is -1.81. The number of anilines is 1. The van der Waals surface area contributed by atoms with E-state index in [2.05, 4.69) is 14.6 Å². The second-order valence-corrected chi connectivity index (χ2v) is 5.03. The smallest absolute Gasteiger partial charge is 0.305 e. The molecule has 0 N–H and O–H groups in total. The first-order chi connectivity index (χ1) is 9.61. The summed E-state index contributed by atoms with van der Waals surface area (Å²) in [4.78, 5) is 17.5. The quantitative estimate of drug-likeness (QED) is 0.793. The Bertz CT molecular complexity index is 616. The highest BCUT2D eigenvalue weighted by Gasteiger charge is 2.08. The van der Waals surface area contributed by atoms with Crippen LogP contribution in [0.15, 0.2) is 30.5 Å². The molecule has 1 aromatic carbocycles. The first-order valence-electron chi connectivity index (χ1n) is 6.44. The normalized spacial score (nSPS) is 10.6. The van der Waals surface area contributed by atoms with E-state index < -0.39 is 0 Å². The lowest BCUT2D eigenvalue weighted by Crippen LogP contribution is -2.19. The number of methoxy groups -OCH3 is 1. The van der Waals surface area contributed by atoms with Gasteiger partial charge >= 0.3 is 5.97 Å². The van der Waals surface area contributed by atoms with Crippen LogP contribution in [-0.4, -0.2) is 31.7 Å². The van der Waals surface area contributed by atoms with Crippen molar-refractivity contribution in [2.45, 2.75) is 12.8 Å². The Morgan fingerprint density at radius 3 is 2.95 bits per heavy atom. The number of rotatable bonds is 5. The predicted molar refractivity (Wildman–Crippen MR) is 81.3 cm³/mol. The number of hydrogen-bond acceptors (Lipinski definition) is 4. The van der Waals surface area contributed by atoms with Gasteiger partial charge in [0.1, 0.15) is 0 Å². The summed E-state index contributed by atoms with van der Waals surface area (Å²) in [6.45, 7) is 0.775. The number of halogens is 1. The molecule has 1 aromatic heterocycles. The molecule has 0 bridgehead atoms. The highest BCUT2D eigenvalue weighted by atomic mass is 35.5. The van der Waals surface area contributed by atoms with Crippen molar-refractivity contribution >= 4 is 34.2 Å². The monoisotopic (exact) mass is 292 g/mol. The molecule has 5 heteroatoms. The Balaban J connectivity index is 2.13. The van der Waals surface area contributed by atoms with Crippen molar-refractivity contribution in [3.63, 3.8) is 0 Å². The molecule has 20 heavy (non-hydrogen) atoms. The third-order valence-electron chi connectivity index (χ3n) is 3.20. The molecule has 0 saturated carbocycles. The van der Waals surface area contributed by atoms with Crippen molar-refractivity contribution in [3.05, 3.63) is 35.5 Å². The number of hydrogen-bond donors (Lipinski definition) is 0. The maximum atomic E-state index is 11.1. The van der Waals surface area contributed by atoms with Gasteiger partial charge in [-0.25, -0.2) is 0 Å². The van der Waals surface area contributed by atoms with Crippen molar-refractivity contribution in [2.24, 2.45) is 0 Å². The van der Waals surface area contributed by atoms with Crippen LogP contribution in [0.5, 0.6) is 0 Å².